The summed E-state index contributed by atoms with van der Waals surface area (Å²) < 4.78 is 21.4. The number of hydrogen-bond acceptors (Lipinski definition) is 6. The number of hydrogen-bond donors (Lipinski definition) is 3. The Balaban J connectivity index is 1.79. The van der Waals surface area contributed by atoms with Crippen molar-refractivity contribution in [3.63, 3.8) is 0 Å². The molecular weight excluding hydrogens is 440 g/mol. The molecule has 0 radical (unpaired) electrons. The SMILES string of the molecule is Cc1ccc2nc(N3CCS(O)(O)c4ccccc4C3)cc(NC(=O)C(C)(C)N=[N+]=[N-])c2c1. The molecular formula is C23H26N6O3S. The molecule has 1 aliphatic heterocycles. The summed E-state index contributed by atoms with van der Waals surface area (Å²) in [6, 6.07) is 14.9. The molecule has 172 valence electrons. The standard InChI is InChI=1S/C23H26N6O3S/c1-15-8-9-18-17(12-15)19(26-22(30)23(2,3)27-28-24)13-21(25-18)29-10-11-33(31,32)20-7-5-4-6-16(20)14-29/h4-9,12-13,31-32H,10-11,14H2,1-3H3,(H,25,26,30). The first-order chi connectivity index (χ1) is 15.6. The van der Waals surface area contributed by atoms with Crippen LogP contribution >= 0.6 is 10.6 Å². The lowest BCUT2D eigenvalue weighted by atomic mass is 10.0. The van der Waals surface area contributed by atoms with Crippen LogP contribution in [0.15, 0.2) is 58.5 Å². The monoisotopic (exact) mass is 466 g/mol. The predicted molar refractivity (Wildman–Crippen MR) is 132 cm³/mol. The summed E-state index contributed by atoms with van der Waals surface area (Å²) in [4.78, 5) is 23.0. The molecule has 1 amide bonds. The van der Waals surface area contributed by atoms with Crippen LogP contribution in [-0.2, 0) is 11.3 Å². The summed E-state index contributed by atoms with van der Waals surface area (Å²) in [5.41, 5.74) is 10.6. The van der Waals surface area contributed by atoms with Gasteiger partial charge in [-0.3, -0.25) is 13.9 Å². The highest BCUT2D eigenvalue weighted by Crippen LogP contribution is 2.51. The highest BCUT2D eigenvalue weighted by Gasteiger charge is 2.29. The molecule has 2 heterocycles. The lowest BCUT2D eigenvalue weighted by molar-refractivity contribution is -0.120. The average molecular weight is 467 g/mol. The summed E-state index contributed by atoms with van der Waals surface area (Å²) in [5, 5.41) is 7.28. The normalized spacial score (nSPS) is 16.3. The van der Waals surface area contributed by atoms with E-state index in [1.807, 2.05) is 42.2 Å². The molecule has 0 saturated heterocycles. The van der Waals surface area contributed by atoms with E-state index in [0.717, 1.165) is 16.5 Å². The fourth-order valence-corrected chi connectivity index (χ4v) is 5.35. The fourth-order valence-electron chi connectivity index (χ4n) is 3.80. The number of aromatic nitrogens is 1. The van der Waals surface area contributed by atoms with Gasteiger partial charge in [-0.1, -0.05) is 34.9 Å². The predicted octanol–water partition coefficient (Wildman–Crippen LogP) is 5.70. The van der Waals surface area contributed by atoms with Gasteiger partial charge in [0.1, 0.15) is 11.4 Å². The molecule has 0 atom stereocenters. The Labute approximate surface area is 193 Å². The van der Waals surface area contributed by atoms with Gasteiger partial charge in [0, 0.05) is 29.5 Å². The number of nitrogens with one attached hydrogen (secondary N) is 1. The number of nitrogens with zero attached hydrogens (tertiary/aromatic N) is 5. The topological polar surface area (TPSA) is 134 Å². The zero-order valence-corrected chi connectivity index (χ0v) is 19.5. The van der Waals surface area contributed by atoms with Gasteiger partial charge in [0.25, 0.3) is 0 Å². The van der Waals surface area contributed by atoms with E-state index in [1.54, 1.807) is 32.0 Å². The van der Waals surface area contributed by atoms with Crippen LogP contribution in [0.25, 0.3) is 21.3 Å². The number of amides is 1. The minimum atomic E-state index is -2.91. The van der Waals surface area contributed by atoms with E-state index in [2.05, 4.69) is 15.3 Å². The molecule has 0 saturated carbocycles. The molecule has 2 aromatic carbocycles. The lowest BCUT2D eigenvalue weighted by Gasteiger charge is -2.32. The molecule has 0 aliphatic carbocycles. The molecule has 1 aliphatic rings. The van der Waals surface area contributed by atoms with E-state index in [-0.39, 0.29) is 5.75 Å². The Morgan fingerprint density at radius 2 is 2.00 bits per heavy atom. The number of aryl methyl sites for hydroxylation is 1. The number of anilines is 2. The van der Waals surface area contributed by atoms with Crippen molar-refractivity contribution in [3.8, 4) is 0 Å². The van der Waals surface area contributed by atoms with E-state index in [0.29, 0.717) is 35.0 Å². The van der Waals surface area contributed by atoms with E-state index in [4.69, 9.17) is 10.5 Å². The number of rotatable bonds is 4. The summed E-state index contributed by atoms with van der Waals surface area (Å²) in [6.07, 6.45) is 0. The molecule has 9 nitrogen and oxygen atoms in total. The van der Waals surface area contributed by atoms with Crippen molar-refractivity contribution in [1.29, 1.82) is 0 Å². The van der Waals surface area contributed by atoms with E-state index in [9.17, 15) is 13.9 Å². The van der Waals surface area contributed by atoms with Crippen molar-refractivity contribution >= 4 is 38.9 Å². The Morgan fingerprint density at radius 1 is 1.24 bits per heavy atom. The first-order valence-corrected chi connectivity index (χ1v) is 12.2. The zero-order valence-electron chi connectivity index (χ0n) is 18.7. The van der Waals surface area contributed by atoms with Crippen molar-refractivity contribution in [2.45, 2.75) is 37.8 Å². The van der Waals surface area contributed by atoms with Crippen LogP contribution in [0.5, 0.6) is 0 Å². The van der Waals surface area contributed by atoms with Crippen molar-refractivity contribution in [2.24, 2.45) is 5.11 Å². The van der Waals surface area contributed by atoms with Gasteiger partial charge in [-0.15, -0.1) is 0 Å². The van der Waals surface area contributed by atoms with Crippen LogP contribution in [0.1, 0.15) is 25.0 Å². The summed E-state index contributed by atoms with van der Waals surface area (Å²) in [6.45, 7) is 5.90. The molecule has 0 fully saturated rings. The van der Waals surface area contributed by atoms with Crippen LogP contribution in [0, 0.1) is 6.92 Å². The largest absolute Gasteiger partial charge is 0.351 e. The second kappa shape index (κ2) is 8.57. The minimum Gasteiger partial charge on any atom is -0.351 e. The molecule has 10 heteroatoms. The zero-order chi connectivity index (χ0) is 23.8. The number of fused-ring (bicyclic) bond motifs is 2. The Morgan fingerprint density at radius 3 is 2.76 bits per heavy atom. The molecule has 33 heavy (non-hydrogen) atoms. The van der Waals surface area contributed by atoms with Crippen LogP contribution in [0.3, 0.4) is 0 Å². The third-order valence-electron chi connectivity index (χ3n) is 5.71. The third kappa shape index (κ3) is 4.60. The maximum absolute atomic E-state index is 12.9. The summed E-state index contributed by atoms with van der Waals surface area (Å²) in [7, 11) is -2.91. The molecule has 4 rings (SSSR count). The van der Waals surface area contributed by atoms with Crippen LogP contribution in [0.2, 0.25) is 0 Å². The maximum Gasteiger partial charge on any atom is 0.235 e. The van der Waals surface area contributed by atoms with Crippen LogP contribution < -0.4 is 10.2 Å². The number of pyridine rings is 1. The van der Waals surface area contributed by atoms with Crippen molar-refractivity contribution in [3.05, 3.63) is 70.1 Å². The van der Waals surface area contributed by atoms with Gasteiger partial charge >= 0.3 is 0 Å². The number of carbonyl (C=O) groups excluding carboxylic acids is 1. The van der Waals surface area contributed by atoms with Crippen molar-refractivity contribution < 1.29 is 13.9 Å². The second-order valence-electron chi connectivity index (χ2n) is 8.65. The lowest BCUT2D eigenvalue weighted by Crippen LogP contribution is -2.35. The van der Waals surface area contributed by atoms with Gasteiger partial charge in [-0.05, 0) is 50.1 Å². The molecule has 1 aromatic heterocycles. The quantitative estimate of drug-likeness (QED) is 0.257. The highest BCUT2D eigenvalue weighted by atomic mass is 32.3. The third-order valence-corrected chi connectivity index (χ3v) is 7.56. The molecule has 0 spiro atoms. The van der Waals surface area contributed by atoms with Gasteiger partial charge in [-0.25, -0.2) is 4.98 Å². The van der Waals surface area contributed by atoms with Crippen molar-refractivity contribution in [2.75, 3.05) is 22.5 Å². The molecule has 3 N–H and O–H groups in total. The second-order valence-corrected chi connectivity index (χ2v) is 10.8. The molecule has 0 bridgehead atoms. The van der Waals surface area contributed by atoms with E-state index < -0.39 is 22.0 Å². The smallest absolute Gasteiger partial charge is 0.235 e. The Kier molecular flexibility index (Phi) is 5.94. The minimum absolute atomic E-state index is 0.184. The average Bonchev–Trinajstić information content (AvgIpc) is 2.90. The summed E-state index contributed by atoms with van der Waals surface area (Å²) >= 11 is 0. The molecule has 3 aromatic rings. The molecule has 0 unspecified atom stereocenters. The van der Waals surface area contributed by atoms with Crippen LogP contribution in [-0.4, -0.2) is 37.8 Å². The first kappa shape index (κ1) is 22.9. The number of carbonyl (C=O) groups is 1. The Bertz CT molecular complexity index is 1290. The number of benzene rings is 2. The van der Waals surface area contributed by atoms with Gasteiger partial charge in [0.05, 0.1) is 21.9 Å². The number of azide groups is 1. The fraction of sp³-hybridized carbons (Fsp3) is 0.304. The van der Waals surface area contributed by atoms with Gasteiger partial charge in [-0.2, -0.15) is 10.6 Å². The first-order valence-electron chi connectivity index (χ1n) is 10.5. The van der Waals surface area contributed by atoms with Gasteiger partial charge < -0.3 is 10.2 Å². The van der Waals surface area contributed by atoms with Gasteiger partial charge in [0.2, 0.25) is 5.91 Å². The Hall–Kier alpha value is -3.30. The summed E-state index contributed by atoms with van der Waals surface area (Å²) in [5.74, 6) is 0.356. The van der Waals surface area contributed by atoms with E-state index in [1.165, 1.54) is 0 Å². The van der Waals surface area contributed by atoms with E-state index >= 15 is 0 Å². The highest BCUT2D eigenvalue weighted by molar-refractivity contribution is 8.24. The van der Waals surface area contributed by atoms with Gasteiger partial charge in [0.15, 0.2) is 0 Å². The van der Waals surface area contributed by atoms with Crippen molar-refractivity contribution in [1.82, 2.24) is 4.98 Å². The van der Waals surface area contributed by atoms with Crippen LogP contribution in [0.4, 0.5) is 11.5 Å². The maximum atomic E-state index is 12.9.